The van der Waals surface area contributed by atoms with E-state index in [1.165, 1.54) is 0 Å². The number of benzene rings is 2. The number of pyridine rings is 1. The summed E-state index contributed by atoms with van der Waals surface area (Å²) in [6.45, 7) is 1.70. The number of nitrogens with zero attached hydrogens (tertiary/aromatic N) is 1. The molecule has 0 fully saturated rings. The van der Waals surface area contributed by atoms with E-state index in [-0.39, 0.29) is 0 Å². The van der Waals surface area contributed by atoms with E-state index in [0.717, 1.165) is 16.5 Å². The first-order valence-electron chi connectivity index (χ1n) is 6.64. The van der Waals surface area contributed by atoms with E-state index in [2.05, 4.69) is 4.98 Å². The number of aliphatic hydroxyl groups is 1. The fourth-order valence-electron chi connectivity index (χ4n) is 2.14. The maximum absolute atomic E-state index is 9.56. The monoisotopic (exact) mass is 299 g/mol. The minimum atomic E-state index is -0.557. The fraction of sp³-hybridized carbons (Fsp3) is 0.118. The zero-order valence-electron chi connectivity index (χ0n) is 11.5. The summed E-state index contributed by atoms with van der Waals surface area (Å²) in [5, 5.41) is 11.0. The van der Waals surface area contributed by atoms with Crippen LogP contribution < -0.4 is 4.74 Å². The average Bonchev–Trinajstić information content (AvgIpc) is 2.49. The van der Waals surface area contributed by atoms with Crippen molar-refractivity contribution in [2.75, 3.05) is 0 Å². The number of hydrogen-bond donors (Lipinski definition) is 1. The number of aliphatic hydroxyl groups excluding tert-OH is 1. The molecule has 3 nitrogen and oxygen atoms in total. The fourth-order valence-corrected chi connectivity index (χ4v) is 2.37. The second-order valence-electron chi connectivity index (χ2n) is 4.79. The summed E-state index contributed by atoms with van der Waals surface area (Å²) in [6, 6.07) is 14.8. The molecule has 106 valence electrons. The first kappa shape index (κ1) is 13.9. The van der Waals surface area contributed by atoms with Gasteiger partial charge in [0.1, 0.15) is 11.5 Å². The Morgan fingerprint density at radius 1 is 1.10 bits per heavy atom. The minimum absolute atomic E-state index is 0.467. The van der Waals surface area contributed by atoms with Gasteiger partial charge < -0.3 is 9.84 Å². The predicted octanol–water partition coefficient (Wildman–Crippen LogP) is 4.73. The predicted molar refractivity (Wildman–Crippen MR) is 83.9 cm³/mol. The van der Waals surface area contributed by atoms with Crippen molar-refractivity contribution >= 4 is 22.5 Å². The second kappa shape index (κ2) is 5.72. The van der Waals surface area contributed by atoms with Crippen LogP contribution in [0.25, 0.3) is 10.9 Å². The lowest BCUT2D eigenvalue weighted by molar-refractivity contribution is 0.199. The molecule has 4 heteroatoms. The van der Waals surface area contributed by atoms with Gasteiger partial charge in [-0.2, -0.15) is 0 Å². The Kier molecular flexibility index (Phi) is 3.78. The van der Waals surface area contributed by atoms with Gasteiger partial charge in [-0.15, -0.1) is 0 Å². The molecule has 0 spiro atoms. The molecule has 0 aliphatic rings. The van der Waals surface area contributed by atoms with Gasteiger partial charge in [-0.1, -0.05) is 23.7 Å². The Morgan fingerprint density at radius 3 is 2.71 bits per heavy atom. The first-order valence-corrected chi connectivity index (χ1v) is 7.02. The molecule has 0 aliphatic carbocycles. The van der Waals surface area contributed by atoms with Crippen LogP contribution in [0.5, 0.6) is 11.5 Å². The minimum Gasteiger partial charge on any atom is -0.455 e. The standard InChI is InChI=1S/C17H14ClNO2/c1-11(20)12-7-8-17(14(18)10-12)21-16-6-2-5-15-13(16)4-3-9-19-15/h2-11,20H,1H3/t11-/m1/s1. The molecule has 2 aromatic carbocycles. The highest BCUT2D eigenvalue weighted by Crippen LogP contribution is 2.34. The summed E-state index contributed by atoms with van der Waals surface area (Å²) in [5.41, 5.74) is 1.62. The lowest BCUT2D eigenvalue weighted by Gasteiger charge is -2.12. The summed E-state index contributed by atoms with van der Waals surface area (Å²) in [4.78, 5) is 4.30. The molecular formula is C17H14ClNO2. The summed E-state index contributed by atoms with van der Waals surface area (Å²) in [5.74, 6) is 1.25. The van der Waals surface area contributed by atoms with Crippen molar-refractivity contribution in [3.8, 4) is 11.5 Å². The topological polar surface area (TPSA) is 42.4 Å². The number of aromatic nitrogens is 1. The number of halogens is 1. The van der Waals surface area contributed by atoms with E-state index < -0.39 is 6.10 Å². The van der Waals surface area contributed by atoms with Crippen molar-refractivity contribution < 1.29 is 9.84 Å². The number of fused-ring (bicyclic) bond motifs is 1. The molecule has 1 aromatic heterocycles. The van der Waals surface area contributed by atoms with E-state index >= 15 is 0 Å². The molecule has 3 aromatic rings. The van der Waals surface area contributed by atoms with E-state index in [0.29, 0.717) is 16.5 Å². The number of hydrogen-bond acceptors (Lipinski definition) is 3. The summed E-state index contributed by atoms with van der Waals surface area (Å²) < 4.78 is 5.90. The van der Waals surface area contributed by atoms with Crippen LogP contribution in [0.15, 0.2) is 54.7 Å². The van der Waals surface area contributed by atoms with Gasteiger partial charge in [0, 0.05) is 11.6 Å². The molecule has 1 atom stereocenters. The van der Waals surface area contributed by atoms with Crippen LogP contribution in [-0.2, 0) is 0 Å². The van der Waals surface area contributed by atoms with E-state index in [4.69, 9.17) is 16.3 Å². The molecule has 3 rings (SSSR count). The SMILES string of the molecule is C[C@@H](O)c1ccc(Oc2cccc3ncccc23)c(Cl)c1. The third-order valence-electron chi connectivity index (χ3n) is 3.26. The third-order valence-corrected chi connectivity index (χ3v) is 3.56. The van der Waals surface area contributed by atoms with E-state index in [1.807, 2.05) is 30.3 Å². The first-order chi connectivity index (χ1) is 10.1. The summed E-state index contributed by atoms with van der Waals surface area (Å²) >= 11 is 6.22. The Balaban J connectivity index is 1.99. The van der Waals surface area contributed by atoms with Crippen molar-refractivity contribution in [2.45, 2.75) is 13.0 Å². The van der Waals surface area contributed by atoms with Gasteiger partial charge in [-0.3, -0.25) is 4.98 Å². The van der Waals surface area contributed by atoms with Crippen LogP contribution in [-0.4, -0.2) is 10.1 Å². The van der Waals surface area contributed by atoms with Crippen LogP contribution >= 0.6 is 11.6 Å². The molecule has 1 heterocycles. The lowest BCUT2D eigenvalue weighted by atomic mass is 10.1. The van der Waals surface area contributed by atoms with Gasteiger partial charge in [-0.05, 0) is 48.9 Å². The van der Waals surface area contributed by atoms with Crippen LogP contribution in [0.3, 0.4) is 0 Å². The van der Waals surface area contributed by atoms with Crippen molar-refractivity contribution in [3.05, 3.63) is 65.3 Å². The lowest BCUT2D eigenvalue weighted by Crippen LogP contribution is -1.93. The molecule has 21 heavy (non-hydrogen) atoms. The van der Waals surface area contributed by atoms with Crippen LogP contribution in [0, 0.1) is 0 Å². The largest absolute Gasteiger partial charge is 0.455 e. The highest BCUT2D eigenvalue weighted by atomic mass is 35.5. The van der Waals surface area contributed by atoms with Crippen molar-refractivity contribution in [2.24, 2.45) is 0 Å². The highest BCUT2D eigenvalue weighted by Gasteiger charge is 2.09. The van der Waals surface area contributed by atoms with Crippen LogP contribution in [0.2, 0.25) is 5.02 Å². The molecule has 1 N–H and O–H groups in total. The molecule has 0 unspecified atom stereocenters. The Bertz CT molecular complexity index is 781. The van der Waals surface area contributed by atoms with Gasteiger partial charge in [0.25, 0.3) is 0 Å². The molecule has 0 aliphatic heterocycles. The Hall–Kier alpha value is -2.10. The van der Waals surface area contributed by atoms with Gasteiger partial charge in [0.15, 0.2) is 0 Å². The van der Waals surface area contributed by atoms with E-state index in [9.17, 15) is 5.11 Å². The molecule has 0 bridgehead atoms. The van der Waals surface area contributed by atoms with Gasteiger partial charge in [-0.25, -0.2) is 0 Å². The number of ether oxygens (including phenoxy) is 1. The van der Waals surface area contributed by atoms with E-state index in [1.54, 1.807) is 31.3 Å². The van der Waals surface area contributed by atoms with Gasteiger partial charge >= 0.3 is 0 Å². The second-order valence-corrected chi connectivity index (χ2v) is 5.20. The van der Waals surface area contributed by atoms with Crippen LogP contribution in [0.4, 0.5) is 0 Å². The average molecular weight is 300 g/mol. The maximum Gasteiger partial charge on any atom is 0.146 e. The third kappa shape index (κ3) is 2.84. The molecule has 0 saturated heterocycles. The Morgan fingerprint density at radius 2 is 1.95 bits per heavy atom. The van der Waals surface area contributed by atoms with Gasteiger partial charge in [0.05, 0.1) is 16.6 Å². The van der Waals surface area contributed by atoms with Crippen LogP contribution in [0.1, 0.15) is 18.6 Å². The normalized spacial score (nSPS) is 12.3. The van der Waals surface area contributed by atoms with Crippen molar-refractivity contribution in [3.63, 3.8) is 0 Å². The molecule has 0 radical (unpaired) electrons. The van der Waals surface area contributed by atoms with Crippen molar-refractivity contribution in [1.82, 2.24) is 4.98 Å². The highest BCUT2D eigenvalue weighted by molar-refractivity contribution is 6.32. The Labute approximate surface area is 127 Å². The maximum atomic E-state index is 9.56. The quantitative estimate of drug-likeness (QED) is 0.760. The summed E-state index contributed by atoms with van der Waals surface area (Å²) in [7, 11) is 0. The molecular weight excluding hydrogens is 286 g/mol. The zero-order valence-corrected chi connectivity index (χ0v) is 12.2. The smallest absolute Gasteiger partial charge is 0.146 e. The van der Waals surface area contributed by atoms with Gasteiger partial charge in [0.2, 0.25) is 0 Å². The zero-order chi connectivity index (χ0) is 14.8. The molecule has 0 saturated carbocycles. The number of rotatable bonds is 3. The summed E-state index contributed by atoms with van der Waals surface area (Å²) in [6.07, 6.45) is 1.19. The van der Waals surface area contributed by atoms with Crippen molar-refractivity contribution in [1.29, 1.82) is 0 Å². The molecule has 0 amide bonds.